The molecular formula is C30H27P. The van der Waals surface area contributed by atoms with E-state index < -0.39 is 7.26 Å². The van der Waals surface area contributed by atoms with Crippen molar-refractivity contribution in [1.29, 1.82) is 0 Å². The Balaban J connectivity index is 1.78. The summed E-state index contributed by atoms with van der Waals surface area (Å²) in [6.45, 7) is 2.24. The molecule has 1 heteroatoms. The molecule has 0 aliphatic heterocycles. The fourth-order valence-corrected chi connectivity index (χ4v) is 9.68. The van der Waals surface area contributed by atoms with Gasteiger partial charge in [-0.1, -0.05) is 0 Å². The van der Waals surface area contributed by atoms with Crippen LogP contribution in [0.5, 0.6) is 0 Å². The topological polar surface area (TPSA) is 0 Å². The summed E-state index contributed by atoms with van der Waals surface area (Å²) >= 11 is 0. The number of hydrogen-bond acceptors (Lipinski definition) is 0. The summed E-state index contributed by atoms with van der Waals surface area (Å²) in [7, 11) is -2.27. The summed E-state index contributed by atoms with van der Waals surface area (Å²) in [4.78, 5) is 0. The number of aryl methyl sites for hydroxylation is 1. The fourth-order valence-electron chi connectivity index (χ4n) is 4.96. The van der Waals surface area contributed by atoms with E-state index in [9.17, 15) is 0 Å². The van der Waals surface area contributed by atoms with E-state index in [1.165, 1.54) is 37.8 Å². The van der Waals surface area contributed by atoms with Crippen LogP contribution in [0.3, 0.4) is 0 Å². The molecule has 0 bridgehead atoms. The molecule has 0 aliphatic carbocycles. The van der Waals surface area contributed by atoms with Crippen LogP contribution in [0.15, 0.2) is 127 Å². The first-order valence-corrected chi connectivity index (χ1v) is 13.1. The SMILES string of the molecule is Cc1cc(C[PH](c2ccccc2)(c2ccccc2)c2ccccc2)cc2ccccc12. The minimum atomic E-state index is -2.27. The Kier molecular flexibility index (Phi) is 5.41. The summed E-state index contributed by atoms with van der Waals surface area (Å²) < 4.78 is 0. The van der Waals surface area contributed by atoms with Crippen LogP contribution in [0.25, 0.3) is 10.8 Å². The van der Waals surface area contributed by atoms with Crippen molar-refractivity contribution in [1.82, 2.24) is 0 Å². The maximum absolute atomic E-state index is 2.40. The van der Waals surface area contributed by atoms with Gasteiger partial charge in [0.2, 0.25) is 0 Å². The van der Waals surface area contributed by atoms with Crippen molar-refractivity contribution >= 4 is 33.9 Å². The van der Waals surface area contributed by atoms with Gasteiger partial charge in [0.05, 0.1) is 0 Å². The Labute approximate surface area is 185 Å². The van der Waals surface area contributed by atoms with E-state index in [0.29, 0.717) is 0 Å². The van der Waals surface area contributed by atoms with Crippen molar-refractivity contribution in [2.75, 3.05) is 0 Å². The Morgan fingerprint density at radius 1 is 0.516 bits per heavy atom. The van der Waals surface area contributed by atoms with Gasteiger partial charge in [0.1, 0.15) is 0 Å². The zero-order chi connectivity index (χ0) is 21.1. The molecule has 5 aromatic carbocycles. The van der Waals surface area contributed by atoms with Gasteiger partial charge in [0.15, 0.2) is 0 Å². The van der Waals surface area contributed by atoms with E-state index in [4.69, 9.17) is 0 Å². The predicted octanol–water partition coefficient (Wildman–Crippen LogP) is 6.37. The molecule has 0 aliphatic rings. The van der Waals surface area contributed by atoms with Gasteiger partial charge in [0, 0.05) is 0 Å². The van der Waals surface area contributed by atoms with Crippen molar-refractivity contribution in [3.05, 3.63) is 139 Å². The quantitative estimate of drug-likeness (QED) is 0.291. The first kappa shape index (κ1) is 19.7. The summed E-state index contributed by atoms with van der Waals surface area (Å²) in [5.74, 6) is 0. The molecule has 0 amide bonds. The molecule has 152 valence electrons. The summed E-state index contributed by atoms with van der Waals surface area (Å²) in [5, 5.41) is 7.04. The van der Waals surface area contributed by atoms with Crippen LogP contribution < -0.4 is 15.9 Å². The van der Waals surface area contributed by atoms with Gasteiger partial charge < -0.3 is 0 Å². The molecule has 0 nitrogen and oxygen atoms in total. The van der Waals surface area contributed by atoms with Gasteiger partial charge >= 0.3 is 186 Å². The van der Waals surface area contributed by atoms with Crippen LogP contribution in [0.4, 0.5) is 0 Å². The first-order valence-electron chi connectivity index (χ1n) is 10.9. The molecule has 0 unspecified atom stereocenters. The van der Waals surface area contributed by atoms with E-state index in [1.54, 1.807) is 0 Å². The summed E-state index contributed by atoms with van der Waals surface area (Å²) in [5.41, 5.74) is 2.77. The first-order chi connectivity index (χ1) is 15.3. The van der Waals surface area contributed by atoms with Crippen LogP contribution >= 0.6 is 7.26 Å². The molecule has 5 aromatic rings. The number of fused-ring (bicyclic) bond motifs is 1. The van der Waals surface area contributed by atoms with Crippen molar-refractivity contribution < 1.29 is 0 Å². The summed E-state index contributed by atoms with van der Waals surface area (Å²) in [6.07, 6.45) is 1.04. The normalized spacial score (nSPS) is 12.0. The summed E-state index contributed by atoms with van der Waals surface area (Å²) in [6, 6.07) is 47.0. The van der Waals surface area contributed by atoms with Gasteiger partial charge in [-0.05, 0) is 0 Å². The second kappa shape index (κ2) is 8.50. The molecule has 0 atom stereocenters. The average molecular weight is 419 g/mol. The molecule has 0 saturated carbocycles. The van der Waals surface area contributed by atoms with E-state index in [0.717, 1.165) is 6.16 Å². The van der Waals surface area contributed by atoms with Gasteiger partial charge in [0.25, 0.3) is 0 Å². The van der Waals surface area contributed by atoms with Gasteiger partial charge in [-0.15, -0.1) is 0 Å². The fraction of sp³-hybridized carbons (Fsp3) is 0.0667. The molecule has 5 rings (SSSR count). The minimum absolute atomic E-state index is 1.04. The Morgan fingerprint density at radius 2 is 0.968 bits per heavy atom. The predicted molar refractivity (Wildman–Crippen MR) is 139 cm³/mol. The van der Waals surface area contributed by atoms with Gasteiger partial charge in [-0.3, -0.25) is 0 Å². The van der Waals surface area contributed by atoms with Crippen molar-refractivity contribution in [2.45, 2.75) is 13.1 Å². The average Bonchev–Trinajstić information content (AvgIpc) is 2.84. The molecule has 0 radical (unpaired) electrons. The molecule has 0 spiro atoms. The van der Waals surface area contributed by atoms with E-state index in [2.05, 4.69) is 134 Å². The third kappa shape index (κ3) is 3.69. The molecule has 0 heterocycles. The molecule has 0 N–H and O–H groups in total. The standard InChI is InChI=1S/C30H27P/c1-24-21-25(22-26-13-11-12-20-30(24)26)23-31(27-14-5-2-6-15-27,28-16-7-3-8-17-28)29-18-9-4-10-19-29/h2-22,31H,23H2,1H3. The molecule has 0 saturated heterocycles. The molecular weight excluding hydrogens is 391 g/mol. The molecule has 0 fully saturated rings. The second-order valence-electron chi connectivity index (χ2n) is 8.31. The Bertz CT molecular complexity index is 1200. The molecule has 0 aromatic heterocycles. The number of hydrogen-bond donors (Lipinski definition) is 0. The monoisotopic (exact) mass is 418 g/mol. The third-order valence-electron chi connectivity index (χ3n) is 6.40. The number of rotatable bonds is 5. The van der Waals surface area contributed by atoms with Crippen LogP contribution in [0.2, 0.25) is 0 Å². The Morgan fingerprint density at radius 3 is 1.48 bits per heavy atom. The van der Waals surface area contributed by atoms with Crippen LogP contribution in [-0.2, 0) is 6.16 Å². The second-order valence-corrected chi connectivity index (χ2v) is 12.2. The Hall–Kier alpha value is -3.21. The van der Waals surface area contributed by atoms with Crippen LogP contribution in [0.1, 0.15) is 11.1 Å². The zero-order valence-electron chi connectivity index (χ0n) is 17.8. The van der Waals surface area contributed by atoms with Crippen molar-refractivity contribution in [2.24, 2.45) is 0 Å². The van der Waals surface area contributed by atoms with E-state index in [-0.39, 0.29) is 0 Å². The van der Waals surface area contributed by atoms with Gasteiger partial charge in [-0.2, -0.15) is 0 Å². The maximum atomic E-state index is 2.40. The van der Waals surface area contributed by atoms with E-state index in [1.807, 2.05) is 0 Å². The van der Waals surface area contributed by atoms with Crippen LogP contribution in [0, 0.1) is 6.92 Å². The zero-order valence-corrected chi connectivity index (χ0v) is 18.8. The molecule has 31 heavy (non-hydrogen) atoms. The third-order valence-corrected chi connectivity index (χ3v) is 11.3. The van der Waals surface area contributed by atoms with Crippen LogP contribution in [-0.4, -0.2) is 0 Å². The number of benzene rings is 5. The van der Waals surface area contributed by atoms with Crippen molar-refractivity contribution in [3.8, 4) is 0 Å². The van der Waals surface area contributed by atoms with Gasteiger partial charge in [-0.25, -0.2) is 0 Å². The van der Waals surface area contributed by atoms with Crippen molar-refractivity contribution in [3.63, 3.8) is 0 Å². The van der Waals surface area contributed by atoms with E-state index >= 15 is 0 Å².